The zero-order chi connectivity index (χ0) is 16.9. The maximum absolute atomic E-state index is 13.3. The second-order valence-corrected chi connectivity index (χ2v) is 5.13. The number of terminal acetylenes is 1. The summed E-state index contributed by atoms with van der Waals surface area (Å²) >= 11 is 0. The SMILES string of the molecule is C#CC[C@](NC(=O)OC(C)(C)C)(C(=O)OCC)C(F)(F)F. The van der Waals surface area contributed by atoms with Crippen molar-refractivity contribution in [2.24, 2.45) is 0 Å². The standard InChI is InChI=1S/C13H18F3NO4/c1-6-8-12(13(14,15)16,9(18)20-7-2)17-10(19)21-11(3,4)5/h1H,7-8H2,2-5H3,(H,17,19)/t12-/m0/s1. The Hall–Kier alpha value is -1.91. The van der Waals surface area contributed by atoms with Crippen LogP contribution in [0.5, 0.6) is 0 Å². The van der Waals surface area contributed by atoms with Crippen LogP contribution in [0.1, 0.15) is 34.1 Å². The summed E-state index contributed by atoms with van der Waals surface area (Å²) in [5.41, 5.74) is -4.37. The highest BCUT2D eigenvalue weighted by Crippen LogP contribution is 2.34. The number of carbonyl (C=O) groups is 2. The number of rotatable bonds is 4. The van der Waals surface area contributed by atoms with Gasteiger partial charge in [0.15, 0.2) is 0 Å². The molecule has 8 heteroatoms. The van der Waals surface area contributed by atoms with E-state index in [1.54, 1.807) is 5.92 Å². The van der Waals surface area contributed by atoms with E-state index in [4.69, 9.17) is 11.2 Å². The van der Waals surface area contributed by atoms with E-state index in [0.29, 0.717) is 0 Å². The van der Waals surface area contributed by atoms with Gasteiger partial charge in [-0.05, 0) is 27.7 Å². The molecule has 120 valence electrons. The molecule has 0 aliphatic carbocycles. The maximum Gasteiger partial charge on any atom is 0.423 e. The molecule has 0 aromatic carbocycles. The fourth-order valence-corrected chi connectivity index (χ4v) is 1.34. The summed E-state index contributed by atoms with van der Waals surface area (Å²) in [6.07, 6.45) is -2.75. The highest BCUT2D eigenvalue weighted by molar-refractivity contribution is 5.87. The van der Waals surface area contributed by atoms with E-state index in [0.717, 1.165) is 0 Å². The molecule has 0 spiro atoms. The Bertz CT molecular complexity index is 434. The average molecular weight is 309 g/mol. The smallest absolute Gasteiger partial charge is 0.423 e. The molecule has 0 aliphatic heterocycles. The maximum atomic E-state index is 13.3. The molecule has 0 heterocycles. The van der Waals surface area contributed by atoms with Gasteiger partial charge in [-0.1, -0.05) is 0 Å². The Balaban J connectivity index is 5.54. The minimum absolute atomic E-state index is 0.294. The highest BCUT2D eigenvalue weighted by atomic mass is 19.4. The molecule has 1 atom stereocenters. The van der Waals surface area contributed by atoms with Crippen molar-refractivity contribution in [3.8, 4) is 12.3 Å². The number of alkyl halides is 3. The number of halogens is 3. The number of nitrogens with one attached hydrogen (secondary N) is 1. The molecule has 21 heavy (non-hydrogen) atoms. The molecular formula is C13H18F3NO4. The molecule has 0 bridgehead atoms. The Morgan fingerprint density at radius 2 is 1.76 bits per heavy atom. The van der Waals surface area contributed by atoms with Crippen LogP contribution in [0.4, 0.5) is 18.0 Å². The lowest BCUT2D eigenvalue weighted by molar-refractivity contribution is -0.211. The van der Waals surface area contributed by atoms with Crippen LogP contribution in [0, 0.1) is 12.3 Å². The molecule has 5 nitrogen and oxygen atoms in total. The van der Waals surface area contributed by atoms with Crippen LogP contribution in [0.2, 0.25) is 0 Å². The largest absolute Gasteiger partial charge is 0.464 e. The van der Waals surface area contributed by atoms with E-state index in [9.17, 15) is 22.8 Å². The summed E-state index contributed by atoms with van der Waals surface area (Å²) in [5, 5.41) is 1.51. The molecular weight excluding hydrogens is 291 g/mol. The molecule has 0 aromatic heterocycles. The van der Waals surface area contributed by atoms with Crippen LogP contribution in [0.3, 0.4) is 0 Å². The lowest BCUT2D eigenvalue weighted by atomic mass is 9.95. The van der Waals surface area contributed by atoms with Crippen LogP contribution in [0.25, 0.3) is 0 Å². The first-order valence-electron chi connectivity index (χ1n) is 6.08. The van der Waals surface area contributed by atoms with Gasteiger partial charge in [0.05, 0.1) is 13.0 Å². The Morgan fingerprint density at radius 3 is 2.10 bits per heavy atom. The normalized spacial score (nSPS) is 14.6. The van der Waals surface area contributed by atoms with Gasteiger partial charge in [-0.2, -0.15) is 13.2 Å². The summed E-state index contributed by atoms with van der Waals surface area (Å²) in [4.78, 5) is 23.3. The first-order chi connectivity index (χ1) is 9.39. The molecule has 0 saturated carbocycles. The molecule has 0 radical (unpaired) electrons. The number of ether oxygens (including phenoxy) is 2. The molecule has 0 aliphatic rings. The molecule has 0 fully saturated rings. The minimum atomic E-state index is -5.14. The van der Waals surface area contributed by atoms with E-state index in [-0.39, 0.29) is 6.61 Å². The Kier molecular flexibility index (Phi) is 6.09. The number of hydrogen-bond acceptors (Lipinski definition) is 4. The molecule has 0 unspecified atom stereocenters. The predicted molar refractivity (Wildman–Crippen MR) is 68.2 cm³/mol. The lowest BCUT2D eigenvalue weighted by Crippen LogP contribution is -2.64. The van der Waals surface area contributed by atoms with Gasteiger partial charge in [0.25, 0.3) is 0 Å². The third-order valence-electron chi connectivity index (χ3n) is 2.19. The summed E-state index contributed by atoms with van der Waals surface area (Å²) in [6.45, 7) is 5.44. The molecule has 0 saturated heterocycles. The molecule has 1 amide bonds. The van der Waals surface area contributed by atoms with Gasteiger partial charge in [-0.15, -0.1) is 12.3 Å². The first-order valence-corrected chi connectivity index (χ1v) is 6.08. The van der Waals surface area contributed by atoms with Gasteiger partial charge in [0.2, 0.25) is 5.54 Å². The number of esters is 1. The van der Waals surface area contributed by atoms with Crippen LogP contribution in [-0.4, -0.2) is 36.0 Å². The fourth-order valence-electron chi connectivity index (χ4n) is 1.34. The van der Waals surface area contributed by atoms with Crippen molar-refractivity contribution in [2.45, 2.75) is 51.4 Å². The van der Waals surface area contributed by atoms with Crippen LogP contribution in [-0.2, 0) is 14.3 Å². The van der Waals surface area contributed by atoms with Crippen LogP contribution in [0.15, 0.2) is 0 Å². The van der Waals surface area contributed by atoms with E-state index in [1.165, 1.54) is 33.0 Å². The summed E-state index contributed by atoms with van der Waals surface area (Å²) < 4.78 is 48.9. The van der Waals surface area contributed by atoms with Crippen LogP contribution >= 0.6 is 0 Å². The third-order valence-corrected chi connectivity index (χ3v) is 2.19. The van der Waals surface area contributed by atoms with E-state index in [2.05, 4.69) is 4.74 Å². The summed E-state index contributed by atoms with van der Waals surface area (Å²) in [6, 6.07) is 0. The topological polar surface area (TPSA) is 64.6 Å². The van der Waals surface area contributed by atoms with Gasteiger partial charge in [0.1, 0.15) is 5.60 Å². The predicted octanol–water partition coefficient (Wildman–Crippen LogP) is 2.40. The average Bonchev–Trinajstić information content (AvgIpc) is 2.24. The lowest BCUT2D eigenvalue weighted by Gasteiger charge is -2.33. The molecule has 0 aromatic rings. The fraction of sp³-hybridized carbons (Fsp3) is 0.692. The van der Waals surface area contributed by atoms with Crippen molar-refractivity contribution in [2.75, 3.05) is 6.61 Å². The van der Waals surface area contributed by atoms with Gasteiger partial charge < -0.3 is 9.47 Å². The monoisotopic (exact) mass is 309 g/mol. The van der Waals surface area contributed by atoms with Crippen LogP contribution < -0.4 is 5.32 Å². The number of hydrogen-bond donors (Lipinski definition) is 1. The first kappa shape index (κ1) is 19.1. The van der Waals surface area contributed by atoms with E-state index < -0.39 is 35.8 Å². The van der Waals surface area contributed by atoms with Crippen molar-refractivity contribution < 1.29 is 32.2 Å². The van der Waals surface area contributed by atoms with Gasteiger partial charge in [-0.3, -0.25) is 5.32 Å². The van der Waals surface area contributed by atoms with Crippen molar-refractivity contribution in [1.29, 1.82) is 0 Å². The second kappa shape index (κ2) is 6.70. The Labute approximate surface area is 121 Å². The quantitative estimate of drug-likeness (QED) is 0.640. The number of alkyl carbamates (subject to hydrolysis) is 1. The third kappa shape index (κ3) is 5.17. The highest BCUT2D eigenvalue weighted by Gasteiger charge is 2.63. The van der Waals surface area contributed by atoms with Crippen molar-refractivity contribution in [3.05, 3.63) is 0 Å². The summed E-state index contributed by atoms with van der Waals surface area (Å²) in [5.74, 6) is 0.0522. The summed E-state index contributed by atoms with van der Waals surface area (Å²) in [7, 11) is 0. The number of carbonyl (C=O) groups excluding carboxylic acids is 2. The van der Waals surface area contributed by atoms with Gasteiger partial charge >= 0.3 is 18.2 Å². The van der Waals surface area contributed by atoms with E-state index in [1.807, 2.05) is 0 Å². The van der Waals surface area contributed by atoms with Crippen molar-refractivity contribution in [1.82, 2.24) is 5.32 Å². The van der Waals surface area contributed by atoms with Crippen molar-refractivity contribution in [3.63, 3.8) is 0 Å². The van der Waals surface area contributed by atoms with Crippen molar-refractivity contribution >= 4 is 12.1 Å². The van der Waals surface area contributed by atoms with E-state index >= 15 is 0 Å². The molecule has 1 N–H and O–H groups in total. The minimum Gasteiger partial charge on any atom is -0.464 e. The van der Waals surface area contributed by atoms with Gasteiger partial charge in [-0.25, -0.2) is 9.59 Å². The molecule has 0 rings (SSSR count). The van der Waals surface area contributed by atoms with Gasteiger partial charge in [0, 0.05) is 0 Å². The Morgan fingerprint density at radius 1 is 1.24 bits per heavy atom. The number of amides is 1. The zero-order valence-electron chi connectivity index (χ0n) is 12.3. The second-order valence-electron chi connectivity index (χ2n) is 5.13. The zero-order valence-corrected chi connectivity index (χ0v) is 12.3.